The molecule has 31 heavy (non-hydrogen) atoms. The molecule has 1 amide bonds. The van der Waals surface area contributed by atoms with Gasteiger partial charge in [-0.3, -0.25) is 14.2 Å². The molecule has 1 fully saturated rings. The summed E-state index contributed by atoms with van der Waals surface area (Å²) >= 11 is 1.58. The van der Waals surface area contributed by atoms with Crippen molar-refractivity contribution < 1.29 is 14.3 Å². The van der Waals surface area contributed by atoms with Gasteiger partial charge in [-0.15, -0.1) is 0 Å². The molecule has 0 radical (unpaired) electrons. The van der Waals surface area contributed by atoms with E-state index in [9.17, 15) is 9.59 Å². The first-order valence-corrected chi connectivity index (χ1v) is 11.7. The van der Waals surface area contributed by atoms with Gasteiger partial charge in [-0.1, -0.05) is 11.8 Å². The molecular weight excluding hydrogens is 418 g/mol. The third-order valence-corrected chi connectivity index (χ3v) is 7.22. The Labute approximate surface area is 184 Å². The number of nitrogens with zero attached hydrogens (tertiary/aromatic N) is 5. The minimum absolute atomic E-state index is 0.0465. The molecule has 4 heterocycles. The van der Waals surface area contributed by atoms with E-state index in [1.54, 1.807) is 28.7 Å². The second-order valence-corrected chi connectivity index (χ2v) is 9.10. The Morgan fingerprint density at radius 2 is 2.06 bits per heavy atom. The van der Waals surface area contributed by atoms with Crippen LogP contribution in [0.4, 0.5) is 0 Å². The maximum Gasteiger partial charge on any atom is 0.278 e. The average molecular weight is 444 g/mol. The predicted molar refractivity (Wildman–Crippen MR) is 114 cm³/mol. The van der Waals surface area contributed by atoms with E-state index >= 15 is 0 Å². The van der Waals surface area contributed by atoms with Crippen molar-refractivity contribution in [3.63, 3.8) is 0 Å². The molecule has 0 N–H and O–H groups in total. The summed E-state index contributed by atoms with van der Waals surface area (Å²) in [6.45, 7) is 1.18. The van der Waals surface area contributed by atoms with Crippen LogP contribution in [0.1, 0.15) is 43.0 Å². The molecule has 10 heteroatoms. The van der Waals surface area contributed by atoms with Crippen LogP contribution in [0.25, 0.3) is 0 Å². The summed E-state index contributed by atoms with van der Waals surface area (Å²) in [6, 6.07) is -0.139. The highest BCUT2D eigenvalue weighted by Crippen LogP contribution is 2.34. The molecule has 3 aliphatic rings. The van der Waals surface area contributed by atoms with Crippen molar-refractivity contribution >= 4 is 17.7 Å². The third-order valence-electron chi connectivity index (χ3n) is 6.12. The number of aryl methyl sites for hydroxylation is 1. The number of carbonyl (C=O) groups is 1. The quantitative estimate of drug-likeness (QED) is 0.643. The minimum atomic E-state index is -0.166. The predicted octanol–water partition coefficient (Wildman–Crippen LogP) is 1.64. The van der Waals surface area contributed by atoms with Crippen molar-refractivity contribution in [3.05, 3.63) is 34.0 Å². The van der Waals surface area contributed by atoms with Crippen LogP contribution in [0, 0.1) is 0 Å². The lowest BCUT2D eigenvalue weighted by molar-refractivity contribution is -0.134. The molecule has 5 rings (SSSR count). The van der Waals surface area contributed by atoms with E-state index in [1.807, 2.05) is 4.90 Å². The lowest BCUT2D eigenvalue weighted by Crippen LogP contribution is -2.45. The molecule has 0 bridgehead atoms. The Balaban J connectivity index is 1.26. The summed E-state index contributed by atoms with van der Waals surface area (Å²) in [5.41, 5.74) is 1.84. The zero-order chi connectivity index (χ0) is 21.4. The van der Waals surface area contributed by atoms with Gasteiger partial charge in [0.1, 0.15) is 6.10 Å². The van der Waals surface area contributed by atoms with Gasteiger partial charge >= 0.3 is 0 Å². The summed E-state index contributed by atoms with van der Waals surface area (Å²) in [5, 5.41) is 0.762. The van der Waals surface area contributed by atoms with E-state index in [1.165, 1.54) is 7.11 Å². The van der Waals surface area contributed by atoms with Crippen LogP contribution in [0.15, 0.2) is 22.3 Å². The van der Waals surface area contributed by atoms with Gasteiger partial charge in [0.25, 0.3) is 17.3 Å². The van der Waals surface area contributed by atoms with Crippen LogP contribution in [0.3, 0.4) is 0 Å². The van der Waals surface area contributed by atoms with Crippen LogP contribution in [-0.2, 0) is 17.6 Å². The second kappa shape index (κ2) is 8.49. The monoisotopic (exact) mass is 443 g/mol. The lowest BCUT2D eigenvalue weighted by atomic mass is 10.1. The topological polar surface area (TPSA) is 99.4 Å². The number of fused-ring (bicyclic) bond motifs is 2. The number of rotatable bonds is 5. The third kappa shape index (κ3) is 3.88. The van der Waals surface area contributed by atoms with E-state index in [2.05, 4.69) is 9.97 Å². The Morgan fingerprint density at radius 3 is 2.90 bits per heavy atom. The maximum absolute atomic E-state index is 13.1. The fourth-order valence-corrected chi connectivity index (χ4v) is 5.74. The van der Waals surface area contributed by atoms with Crippen LogP contribution in [-0.4, -0.2) is 62.4 Å². The van der Waals surface area contributed by atoms with Crippen molar-refractivity contribution in [2.75, 3.05) is 26.0 Å². The first kappa shape index (κ1) is 20.3. The van der Waals surface area contributed by atoms with Gasteiger partial charge in [-0.25, -0.2) is 15.0 Å². The highest BCUT2D eigenvalue weighted by Gasteiger charge is 2.33. The number of likely N-dealkylation sites (tertiary alicyclic amines) is 1. The fraction of sp³-hybridized carbons (Fsp3) is 0.571. The minimum Gasteiger partial charge on any atom is -0.477 e. The SMILES string of the molecule is COc1nccnc1OC1CCCN(C(=O)CC2CSc3nc4c(c(=O)n32)CCC4)C1. The van der Waals surface area contributed by atoms with Crippen molar-refractivity contribution in [2.24, 2.45) is 0 Å². The van der Waals surface area contributed by atoms with Crippen molar-refractivity contribution in [3.8, 4) is 11.8 Å². The van der Waals surface area contributed by atoms with Crippen molar-refractivity contribution in [2.45, 2.75) is 55.8 Å². The number of amides is 1. The van der Waals surface area contributed by atoms with Crippen molar-refractivity contribution in [1.82, 2.24) is 24.4 Å². The standard InChI is InChI=1S/C21H25N5O4S/c1-29-18-19(23-8-7-22-18)30-14-4-3-9-25(11-14)17(27)10-13-12-31-21-24-16-6-2-5-15(16)20(28)26(13)21/h7-8,13-14H,2-6,9-12H2,1H3. The van der Waals surface area contributed by atoms with Crippen LogP contribution in [0.2, 0.25) is 0 Å². The summed E-state index contributed by atoms with van der Waals surface area (Å²) in [4.78, 5) is 40.9. The number of ether oxygens (including phenoxy) is 2. The number of aromatic nitrogens is 4. The molecule has 0 aromatic carbocycles. The maximum atomic E-state index is 13.1. The molecule has 2 atom stereocenters. The number of piperidine rings is 1. The summed E-state index contributed by atoms with van der Waals surface area (Å²) in [5.74, 6) is 1.44. The van der Waals surface area contributed by atoms with E-state index in [4.69, 9.17) is 14.5 Å². The first-order chi connectivity index (χ1) is 15.1. The normalized spacial score (nSPS) is 22.2. The highest BCUT2D eigenvalue weighted by molar-refractivity contribution is 7.99. The summed E-state index contributed by atoms with van der Waals surface area (Å²) < 4.78 is 13.0. The van der Waals surface area contributed by atoms with Gasteiger partial charge in [0.2, 0.25) is 5.91 Å². The summed E-state index contributed by atoms with van der Waals surface area (Å²) in [7, 11) is 1.53. The molecule has 2 aromatic rings. The van der Waals surface area contributed by atoms with Gasteiger partial charge in [-0.2, -0.15) is 0 Å². The zero-order valence-corrected chi connectivity index (χ0v) is 18.3. The molecule has 9 nitrogen and oxygen atoms in total. The molecule has 2 aliphatic heterocycles. The van der Waals surface area contributed by atoms with Gasteiger partial charge < -0.3 is 14.4 Å². The average Bonchev–Trinajstić information content (AvgIpc) is 3.42. The lowest BCUT2D eigenvalue weighted by Gasteiger charge is -2.33. The van der Waals surface area contributed by atoms with Gasteiger partial charge in [0, 0.05) is 36.7 Å². The number of hydrogen-bond donors (Lipinski definition) is 0. The fourth-order valence-electron chi connectivity index (χ4n) is 4.59. The van der Waals surface area contributed by atoms with Crippen LogP contribution in [0.5, 0.6) is 11.8 Å². The molecule has 1 aliphatic carbocycles. The number of thioether (sulfide) groups is 1. The van der Waals surface area contributed by atoms with E-state index in [-0.39, 0.29) is 23.6 Å². The largest absolute Gasteiger partial charge is 0.477 e. The van der Waals surface area contributed by atoms with E-state index in [0.717, 1.165) is 48.5 Å². The smallest absolute Gasteiger partial charge is 0.278 e. The number of carbonyl (C=O) groups excluding carboxylic acids is 1. The van der Waals surface area contributed by atoms with Gasteiger partial charge in [0.15, 0.2) is 5.16 Å². The Hall–Kier alpha value is -2.62. The molecule has 0 saturated carbocycles. The molecule has 1 saturated heterocycles. The molecular formula is C21H25N5O4S. The molecule has 0 spiro atoms. The molecule has 2 unspecified atom stereocenters. The van der Waals surface area contributed by atoms with E-state index in [0.29, 0.717) is 37.0 Å². The Kier molecular flexibility index (Phi) is 5.56. The second-order valence-electron chi connectivity index (χ2n) is 8.11. The van der Waals surface area contributed by atoms with Gasteiger partial charge in [-0.05, 0) is 32.1 Å². The molecule has 164 valence electrons. The Morgan fingerprint density at radius 1 is 1.23 bits per heavy atom. The van der Waals surface area contributed by atoms with Crippen LogP contribution >= 0.6 is 11.8 Å². The molecule has 2 aromatic heterocycles. The van der Waals surface area contributed by atoms with Gasteiger partial charge in [0.05, 0.1) is 25.4 Å². The highest BCUT2D eigenvalue weighted by atomic mass is 32.2. The number of methoxy groups -OCH3 is 1. The zero-order valence-electron chi connectivity index (χ0n) is 17.5. The van der Waals surface area contributed by atoms with Crippen LogP contribution < -0.4 is 15.0 Å². The first-order valence-electron chi connectivity index (χ1n) is 10.7. The Bertz CT molecular complexity index is 1060. The van der Waals surface area contributed by atoms with E-state index < -0.39 is 0 Å². The summed E-state index contributed by atoms with van der Waals surface area (Å²) in [6.07, 6.45) is 7.60. The van der Waals surface area contributed by atoms with Crippen molar-refractivity contribution in [1.29, 1.82) is 0 Å². The number of hydrogen-bond acceptors (Lipinski definition) is 8.